The van der Waals surface area contributed by atoms with Crippen LogP contribution in [0.1, 0.15) is 39.3 Å². The van der Waals surface area contributed by atoms with Crippen molar-refractivity contribution in [3.05, 3.63) is 35.9 Å². The van der Waals surface area contributed by atoms with Gasteiger partial charge in [-0.2, -0.15) is 0 Å². The first kappa shape index (κ1) is 17.2. The van der Waals surface area contributed by atoms with Crippen LogP contribution in [0, 0.1) is 5.41 Å². The summed E-state index contributed by atoms with van der Waals surface area (Å²) in [4.78, 5) is 24.0. The van der Waals surface area contributed by atoms with Gasteiger partial charge in [0, 0.05) is 5.41 Å². The number of amides is 2. The normalized spacial score (nSPS) is 14.1. The lowest BCUT2D eigenvalue weighted by Crippen LogP contribution is -2.49. The number of hydrogen-bond donors (Lipinski definition) is 3. The molecule has 5 nitrogen and oxygen atoms in total. The highest BCUT2D eigenvalue weighted by molar-refractivity contribution is 5.89. The number of carbonyl (C=O) groups is 2. The molecule has 0 aliphatic heterocycles. The standard InChI is InChI=1S/C16H24N2O3/c1-11(17-15(21)16(2,3)4)14(20)18-13(10-19)12-8-6-5-7-9-12/h5-9,11,13,19H,10H2,1-4H3,(H,17,21)(H,18,20)/t11?,13-/m1/s1. The van der Waals surface area contributed by atoms with E-state index in [4.69, 9.17) is 0 Å². The third-order valence-electron chi connectivity index (χ3n) is 3.12. The molecule has 0 aromatic heterocycles. The summed E-state index contributed by atoms with van der Waals surface area (Å²) in [6.07, 6.45) is 0. The first-order valence-electron chi connectivity index (χ1n) is 7.03. The summed E-state index contributed by atoms with van der Waals surface area (Å²) in [5, 5.41) is 14.8. The molecule has 0 radical (unpaired) electrons. The predicted molar refractivity (Wildman–Crippen MR) is 81.5 cm³/mol. The van der Waals surface area contributed by atoms with Crippen molar-refractivity contribution in [3.63, 3.8) is 0 Å². The number of aliphatic hydroxyl groups is 1. The predicted octanol–water partition coefficient (Wildman–Crippen LogP) is 1.39. The average molecular weight is 292 g/mol. The van der Waals surface area contributed by atoms with Crippen molar-refractivity contribution < 1.29 is 14.7 Å². The van der Waals surface area contributed by atoms with E-state index in [9.17, 15) is 14.7 Å². The van der Waals surface area contributed by atoms with Gasteiger partial charge in [-0.15, -0.1) is 0 Å². The van der Waals surface area contributed by atoms with Gasteiger partial charge in [-0.1, -0.05) is 51.1 Å². The number of nitrogens with one attached hydrogen (secondary N) is 2. The van der Waals surface area contributed by atoms with Gasteiger partial charge in [-0.3, -0.25) is 9.59 Å². The molecule has 2 atom stereocenters. The van der Waals surface area contributed by atoms with Crippen molar-refractivity contribution in [3.8, 4) is 0 Å². The van der Waals surface area contributed by atoms with E-state index in [-0.39, 0.29) is 18.4 Å². The van der Waals surface area contributed by atoms with Gasteiger partial charge in [0.25, 0.3) is 0 Å². The summed E-state index contributed by atoms with van der Waals surface area (Å²) in [7, 11) is 0. The first-order chi connectivity index (χ1) is 9.75. The molecule has 0 aliphatic rings. The molecular weight excluding hydrogens is 268 g/mol. The Labute approximate surface area is 125 Å². The molecule has 0 fully saturated rings. The fraction of sp³-hybridized carbons (Fsp3) is 0.500. The molecule has 0 saturated carbocycles. The lowest BCUT2D eigenvalue weighted by molar-refractivity contribution is -0.133. The number of carbonyl (C=O) groups excluding carboxylic acids is 2. The quantitative estimate of drug-likeness (QED) is 0.767. The minimum Gasteiger partial charge on any atom is -0.394 e. The van der Waals surface area contributed by atoms with E-state index in [1.807, 2.05) is 30.3 Å². The van der Waals surface area contributed by atoms with Gasteiger partial charge in [0.05, 0.1) is 12.6 Å². The Morgan fingerprint density at radius 3 is 2.19 bits per heavy atom. The van der Waals surface area contributed by atoms with Crippen molar-refractivity contribution >= 4 is 11.8 Å². The van der Waals surface area contributed by atoms with Crippen molar-refractivity contribution in [2.24, 2.45) is 5.41 Å². The van der Waals surface area contributed by atoms with Crippen molar-refractivity contribution in [2.45, 2.75) is 39.8 Å². The van der Waals surface area contributed by atoms with Crippen LogP contribution in [0.15, 0.2) is 30.3 Å². The van der Waals surface area contributed by atoms with E-state index >= 15 is 0 Å². The van der Waals surface area contributed by atoms with Crippen molar-refractivity contribution in [1.29, 1.82) is 0 Å². The van der Waals surface area contributed by atoms with E-state index in [1.165, 1.54) is 0 Å². The highest BCUT2D eigenvalue weighted by atomic mass is 16.3. The van der Waals surface area contributed by atoms with Crippen LogP contribution in [0.5, 0.6) is 0 Å². The second-order valence-corrected chi connectivity index (χ2v) is 6.10. The van der Waals surface area contributed by atoms with Crippen LogP contribution in [-0.4, -0.2) is 29.6 Å². The molecule has 0 bridgehead atoms. The lowest BCUT2D eigenvalue weighted by atomic mass is 9.95. The van der Waals surface area contributed by atoms with E-state index in [2.05, 4.69) is 10.6 Å². The monoisotopic (exact) mass is 292 g/mol. The third-order valence-corrected chi connectivity index (χ3v) is 3.12. The van der Waals surface area contributed by atoms with Gasteiger partial charge < -0.3 is 15.7 Å². The average Bonchev–Trinajstić information content (AvgIpc) is 2.44. The summed E-state index contributed by atoms with van der Waals surface area (Å²) < 4.78 is 0. The molecule has 2 amide bonds. The van der Waals surface area contributed by atoms with Gasteiger partial charge in [-0.05, 0) is 12.5 Å². The highest BCUT2D eigenvalue weighted by Gasteiger charge is 2.26. The topological polar surface area (TPSA) is 78.4 Å². The van der Waals surface area contributed by atoms with Crippen LogP contribution in [0.25, 0.3) is 0 Å². The molecule has 5 heteroatoms. The smallest absolute Gasteiger partial charge is 0.242 e. The first-order valence-corrected chi connectivity index (χ1v) is 7.03. The van der Waals surface area contributed by atoms with Crippen LogP contribution >= 0.6 is 0 Å². The third kappa shape index (κ3) is 5.19. The van der Waals surface area contributed by atoms with Gasteiger partial charge in [0.1, 0.15) is 6.04 Å². The molecule has 1 aromatic carbocycles. The van der Waals surface area contributed by atoms with Crippen LogP contribution in [0.4, 0.5) is 0 Å². The zero-order chi connectivity index (χ0) is 16.0. The maximum Gasteiger partial charge on any atom is 0.242 e. The van der Waals surface area contributed by atoms with Crippen LogP contribution in [0.2, 0.25) is 0 Å². The summed E-state index contributed by atoms with van der Waals surface area (Å²) in [5.74, 6) is -0.513. The number of rotatable bonds is 5. The highest BCUT2D eigenvalue weighted by Crippen LogP contribution is 2.14. The molecule has 1 aromatic rings. The van der Waals surface area contributed by atoms with E-state index < -0.39 is 17.5 Å². The van der Waals surface area contributed by atoms with Gasteiger partial charge in [0.15, 0.2) is 0 Å². The van der Waals surface area contributed by atoms with Crippen LogP contribution in [-0.2, 0) is 9.59 Å². The van der Waals surface area contributed by atoms with E-state index in [0.29, 0.717) is 0 Å². The van der Waals surface area contributed by atoms with Crippen molar-refractivity contribution in [1.82, 2.24) is 10.6 Å². The summed E-state index contributed by atoms with van der Waals surface area (Å²) in [6, 6.07) is 8.08. The zero-order valence-corrected chi connectivity index (χ0v) is 13.0. The van der Waals surface area contributed by atoms with Gasteiger partial charge in [0.2, 0.25) is 11.8 Å². The van der Waals surface area contributed by atoms with Crippen molar-refractivity contribution in [2.75, 3.05) is 6.61 Å². The molecule has 0 saturated heterocycles. The maximum absolute atomic E-state index is 12.1. The maximum atomic E-state index is 12.1. The minimum absolute atomic E-state index is 0.189. The molecular formula is C16H24N2O3. The van der Waals surface area contributed by atoms with E-state index in [1.54, 1.807) is 27.7 Å². The second kappa shape index (κ2) is 7.22. The Kier molecular flexibility index (Phi) is 5.90. The number of benzene rings is 1. The summed E-state index contributed by atoms with van der Waals surface area (Å²) >= 11 is 0. The zero-order valence-electron chi connectivity index (χ0n) is 13.0. The summed E-state index contributed by atoms with van der Waals surface area (Å²) in [5.41, 5.74) is 0.271. The number of aliphatic hydroxyl groups excluding tert-OH is 1. The Hall–Kier alpha value is -1.88. The van der Waals surface area contributed by atoms with Gasteiger partial charge >= 0.3 is 0 Å². The Bertz CT molecular complexity index is 480. The molecule has 1 rings (SSSR count). The largest absolute Gasteiger partial charge is 0.394 e. The second-order valence-electron chi connectivity index (χ2n) is 6.10. The fourth-order valence-electron chi connectivity index (χ4n) is 1.70. The van der Waals surface area contributed by atoms with Gasteiger partial charge in [-0.25, -0.2) is 0 Å². The summed E-state index contributed by atoms with van der Waals surface area (Å²) in [6.45, 7) is 6.78. The van der Waals surface area contributed by atoms with Crippen LogP contribution < -0.4 is 10.6 Å². The molecule has 116 valence electrons. The molecule has 21 heavy (non-hydrogen) atoms. The molecule has 0 heterocycles. The Balaban J connectivity index is 2.65. The van der Waals surface area contributed by atoms with Crippen LogP contribution in [0.3, 0.4) is 0 Å². The Morgan fingerprint density at radius 1 is 1.14 bits per heavy atom. The fourth-order valence-corrected chi connectivity index (χ4v) is 1.70. The molecule has 1 unspecified atom stereocenters. The molecule has 0 spiro atoms. The molecule has 3 N–H and O–H groups in total. The van der Waals surface area contributed by atoms with E-state index in [0.717, 1.165) is 5.56 Å². The minimum atomic E-state index is -0.658. The lowest BCUT2D eigenvalue weighted by Gasteiger charge is -2.23. The molecule has 0 aliphatic carbocycles. The SMILES string of the molecule is CC(NC(=O)C(C)(C)C)C(=O)N[C@H](CO)c1ccccc1. The number of hydrogen-bond acceptors (Lipinski definition) is 3. The Morgan fingerprint density at radius 2 is 1.71 bits per heavy atom.